The van der Waals surface area contributed by atoms with Crippen molar-refractivity contribution in [2.24, 2.45) is 0 Å². The van der Waals surface area contributed by atoms with Crippen molar-refractivity contribution in [3.63, 3.8) is 0 Å². The highest BCUT2D eigenvalue weighted by Gasteiger charge is 2.12. The first-order valence-electron chi connectivity index (χ1n) is 6.53. The Hall–Kier alpha value is -1.18. The predicted molar refractivity (Wildman–Crippen MR) is 85.9 cm³/mol. The molecule has 2 rings (SSSR count). The summed E-state index contributed by atoms with van der Waals surface area (Å²) in [5, 5.41) is 1.11. The zero-order chi connectivity index (χ0) is 14.8. The van der Waals surface area contributed by atoms with Crippen LogP contribution in [0.4, 0.5) is 0 Å². The topological polar surface area (TPSA) is 9.23 Å². The van der Waals surface area contributed by atoms with Crippen LogP contribution in [0.3, 0.4) is 0 Å². The van der Waals surface area contributed by atoms with Crippen molar-refractivity contribution in [2.45, 2.75) is 32.8 Å². The van der Waals surface area contributed by atoms with Gasteiger partial charge in [0.15, 0.2) is 0 Å². The third-order valence-corrected chi connectivity index (χ3v) is 3.85. The van der Waals surface area contributed by atoms with E-state index in [1.54, 1.807) is 6.07 Å². The van der Waals surface area contributed by atoms with Crippen molar-refractivity contribution in [2.75, 3.05) is 0 Å². The van der Waals surface area contributed by atoms with E-state index >= 15 is 0 Å². The summed E-state index contributed by atoms with van der Waals surface area (Å²) in [5.74, 6) is 0.851. The zero-order valence-electron chi connectivity index (χ0n) is 11.9. The first-order chi connectivity index (χ1) is 9.36. The molecule has 2 aromatic rings. The molecule has 0 aromatic heterocycles. The highest BCUT2D eigenvalue weighted by Crippen LogP contribution is 2.26. The summed E-state index contributed by atoms with van der Waals surface area (Å²) >= 11 is 11.9. The summed E-state index contributed by atoms with van der Waals surface area (Å²) in [5.41, 5.74) is 2.45. The van der Waals surface area contributed by atoms with E-state index in [-0.39, 0.29) is 5.41 Å². The van der Waals surface area contributed by atoms with Crippen molar-refractivity contribution in [3.8, 4) is 5.75 Å². The normalized spacial score (nSPS) is 11.4. The van der Waals surface area contributed by atoms with Gasteiger partial charge < -0.3 is 4.74 Å². The van der Waals surface area contributed by atoms with Crippen LogP contribution in [0.5, 0.6) is 5.75 Å². The first kappa shape index (κ1) is 15.2. The Morgan fingerprint density at radius 2 is 1.55 bits per heavy atom. The number of rotatable bonds is 3. The molecule has 0 radical (unpaired) electrons. The van der Waals surface area contributed by atoms with E-state index in [1.807, 2.05) is 24.3 Å². The van der Waals surface area contributed by atoms with Crippen LogP contribution in [0, 0.1) is 0 Å². The summed E-state index contributed by atoms with van der Waals surface area (Å²) in [6.07, 6.45) is 0. The molecular weight excluding hydrogens is 291 g/mol. The Bertz CT molecular complexity index is 583. The van der Waals surface area contributed by atoms with Crippen molar-refractivity contribution in [1.29, 1.82) is 0 Å². The summed E-state index contributed by atoms with van der Waals surface area (Å²) in [6.45, 7) is 7.06. The molecule has 20 heavy (non-hydrogen) atoms. The minimum Gasteiger partial charge on any atom is -0.489 e. The van der Waals surface area contributed by atoms with Crippen LogP contribution in [0.1, 0.15) is 31.9 Å². The van der Waals surface area contributed by atoms with E-state index in [4.69, 9.17) is 27.9 Å². The maximum atomic E-state index is 5.98. The molecule has 0 saturated carbocycles. The molecule has 0 N–H and O–H groups in total. The number of benzene rings is 2. The molecule has 0 amide bonds. The van der Waals surface area contributed by atoms with Gasteiger partial charge in [-0.25, -0.2) is 0 Å². The zero-order valence-corrected chi connectivity index (χ0v) is 13.4. The van der Waals surface area contributed by atoms with Gasteiger partial charge in [-0.1, -0.05) is 62.2 Å². The molecule has 0 unspecified atom stereocenters. The van der Waals surface area contributed by atoms with Gasteiger partial charge in [0.1, 0.15) is 12.4 Å². The lowest BCUT2D eigenvalue weighted by molar-refractivity contribution is 0.306. The van der Waals surface area contributed by atoms with Crippen LogP contribution in [-0.2, 0) is 12.0 Å². The Morgan fingerprint density at radius 3 is 2.10 bits per heavy atom. The highest BCUT2D eigenvalue weighted by atomic mass is 35.5. The van der Waals surface area contributed by atoms with Crippen LogP contribution in [0.2, 0.25) is 10.0 Å². The fraction of sp³-hybridized carbons (Fsp3) is 0.294. The van der Waals surface area contributed by atoms with E-state index in [1.165, 1.54) is 5.56 Å². The van der Waals surface area contributed by atoms with Crippen LogP contribution >= 0.6 is 23.2 Å². The van der Waals surface area contributed by atoms with Crippen molar-refractivity contribution < 1.29 is 4.74 Å². The molecule has 0 spiro atoms. The second-order valence-electron chi connectivity index (χ2n) is 5.81. The number of ether oxygens (including phenoxy) is 1. The molecule has 2 aromatic carbocycles. The summed E-state index contributed by atoms with van der Waals surface area (Å²) < 4.78 is 5.75. The number of halogens is 2. The van der Waals surface area contributed by atoms with Crippen LogP contribution in [0.25, 0.3) is 0 Å². The van der Waals surface area contributed by atoms with Gasteiger partial charge >= 0.3 is 0 Å². The molecule has 0 aliphatic carbocycles. The molecule has 0 aliphatic heterocycles. The Balaban J connectivity index is 2.02. The van der Waals surface area contributed by atoms with E-state index in [0.717, 1.165) is 11.3 Å². The lowest BCUT2D eigenvalue weighted by Crippen LogP contribution is -2.10. The van der Waals surface area contributed by atoms with Gasteiger partial charge in [0.25, 0.3) is 0 Å². The van der Waals surface area contributed by atoms with E-state index < -0.39 is 0 Å². The molecular formula is C17H18Cl2O. The van der Waals surface area contributed by atoms with Crippen LogP contribution in [-0.4, -0.2) is 0 Å². The van der Waals surface area contributed by atoms with E-state index in [2.05, 4.69) is 32.9 Å². The van der Waals surface area contributed by atoms with Gasteiger partial charge in [0, 0.05) is 0 Å². The predicted octanol–water partition coefficient (Wildman–Crippen LogP) is 5.87. The fourth-order valence-corrected chi connectivity index (χ4v) is 2.17. The molecule has 0 fully saturated rings. The van der Waals surface area contributed by atoms with Gasteiger partial charge in [-0.05, 0) is 40.8 Å². The lowest BCUT2D eigenvalue weighted by Gasteiger charge is -2.19. The van der Waals surface area contributed by atoms with E-state index in [0.29, 0.717) is 16.7 Å². The largest absolute Gasteiger partial charge is 0.489 e. The smallest absolute Gasteiger partial charge is 0.119 e. The van der Waals surface area contributed by atoms with Crippen LogP contribution in [0.15, 0.2) is 42.5 Å². The maximum Gasteiger partial charge on any atom is 0.119 e. The third kappa shape index (κ3) is 3.91. The number of hydrogen-bond donors (Lipinski definition) is 0. The van der Waals surface area contributed by atoms with Crippen molar-refractivity contribution >= 4 is 23.2 Å². The average Bonchev–Trinajstić information content (AvgIpc) is 2.40. The molecule has 0 saturated heterocycles. The fourth-order valence-electron chi connectivity index (χ4n) is 1.85. The lowest BCUT2D eigenvalue weighted by atomic mass is 9.87. The summed E-state index contributed by atoms with van der Waals surface area (Å²) in [6, 6.07) is 13.7. The monoisotopic (exact) mass is 308 g/mol. The van der Waals surface area contributed by atoms with Gasteiger partial charge in [0.2, 0.25) is 0 Å². The average molecular weight is 309 g/mol. The quantitative estimate of drug-likeness (QED) is 0.689. The van der Waals surface area contributed by atoms with Gasteiger partial charge in [-0.2, -0.15) is 0 Å². The van der Waals surface area contributed by atoms with Gasteiger partial charge in [-0.15, -0.1) is 0 Å². The molecule has 0 bridgehead atoms. The number of hydrogen-bond acceptors (Lipinski definition) is 1. The third-order valence-electron chi connectivity index (χ3n) is 3.11. The maximum absolute atomic E-state index is 5.98. The minimum absolute atomic E-state index is 0.155. The summed E-state index contributed by atoms with van der Waals surface area (Å²) in [4.78, 5) is 0. The Labute approximate surface area is 130 Å². The van der Waals surface area contributed by atoms with Crippen LogP contribution < -0.4 is 4.74 Å². The second kappa shape index (κ2) is 6.07. The van der Waals surface area contributed by atoms with Gasteiger partial charge in [-0.3, -0.25) is 0 Å². The molecule has 3 heteroatoms. The Kier molecular flexibility index (Phi) is 4.62. The molecule has 106 valence electrons. The first-order valence-corrected chi connectivity index (χ1v) is 7.29. The summed E-state index contributed by atoms with van der Waals surface area (Å²) in [7, 11) is 0. The standard InChI is InChI=1S/C17H18Cl2O/c1-17(2,3)13-5-7-14(8-6-13)20-11-12-4-9-15(18)16(19)10-12/h4-10H,11H2,1-3H3. The van der Waals surface area contributed by atoms with Crippen molar-refractivity contribution in [3.05, 3.63) is 63.6 Å². The Morgan fingerprint density at radius 1 is 0.900 bits per heavy atom. The minimum atomic E-state index is 0.155. The SMILES string of the molecule is CC(C)(C)c1ccc(OCc2ccc(Cl)c(Cl)c2)cc1. The molecule has 0 aliphatic rings. The van der Waals surface area contributed by atoms with Crippen molar-refractivity contribution in [1.82, 2.24) is 0 Å². The van der Waals surface area contributed by atoms with E-state index in [9.17, 15) is 0 Å². The van der Waals surface area contributed by atoms with Gasteiger partial charge in [0.05, 0.1) is 10.0 Å². The molecule has 0 atom stereocenters. The second-order valence-corrected chi connectivity index (χ2v) is 6.63. The molecule has 0 heterocycles. The molecule has 1 nitrogen and oxygen atoms in total. The highest BCUT2D eigenvalue weighted by molar-refractivity contribution is 6.42.